The van der Waals surface area contributed by atoms with Crippen LogP contribution in [0.5, 0.6) is 0 Å². The maximum absolute atomic E-state index is 12.9. The molecule has 0 atom stereocenters. The summed E-state index contributed by atoms with van der Waals surface area (Å²) in [6.45, 7) is 7.90. The maximum atomic E-state index is 12.9. The molecule has 4 aromatic heterocycles. The molecule has 0 unspecified atom stereocenters. The lowest BCUT2D eigenvalue weighted by Gasteiger charge is -2.09. The van der Waals surface area contributed by atoms with Crippen LogP contribution in [-0.4, -0.2) is 31.6 Å². The Hall–Kier alpha value is -3.11. The summed E-state index contributed by atoms with van der Waals surface area (Å²) in [5, 5.41) is 13.3. The molecule has 0 radical (unpaired) electrons. The molecule has 0 aromatic carbocycles. The molecule has 4 rings (SSSR count). The van der Waals surface area contributed by atoms with Crippen LogP contribution in [0.3, 0.4) is 0 Å². The Bertz CT molecular complexity index is 1270. The standard InChI is InChI=1S/C21H22N6O2S2/c1-11(2)27-19-14(8-23-27)7-16(12(3)24-19)20(29)26-21-25-17(10-30-21)18-6-5-15(31-18)9-22-13(4)28/h5-8,10-11H,9H2,1-4H3,(H,22,28)(H,25,26,29). The van der Waals surface area contributed by atoms with E-state index in [1.807, 2.05) is 49.0 Å². The van der Waals surface area contributed by atoms with Gasteiger partial charge in [-0.25, -0.2) is 14.6 Å². The van der Waals surface area contributed by atoms with Crippen molar-refractivity contribution in [3.63, 3.8) is 0 Å². The van der Waals surface area contributed by atoms with E-state index in [9.17, 15) is 9.59 Å². The van der Waals surface area contributed by atoms with Gasteiger partial charge in [0.15, 0.2) is 10.8 Å². The van der Waals surface area contributed by atoms with Crippen molar-refractivity contribution in [3.05, 3.63) is 45.9 Å². The molecule has 4 aromatic rings. The van der Waals surface area contributed by atoms with E-state index < -0.39 is 0 Å². The molecular formula is C21H22N6O2S2. The first kappa shape index (κ1) is 21.1. The van der Waals surface area contributed by atoms with Crippen LogP contribution in [0.15, 0.2) is 29.8 Å². The Morgan fingerprint density at radius 2 is 2.03 bits per heavy atom. The highest BCUT2D eigenvalue weighted by Gasteiger charge is 2.17. The molecule has 0 fully saturated rings. The Balaban J connectivity index is 1.50. The van der Waals surface area contributed by atoms with Gasteiger partial charge in [-0.1, -0.05) is 0 Å². The van der Waals surface area contributed by atoms with Crippen LogP contribution in [0.4, 0.5) is 5.13 Å². The molecule has 2 N–H and O–H groups in total. The van der Waals surface area contributed by atoms with Crippen molar-refractivity contribution in [2.75, 3.05) is 5.32 Å². The van der Waals surface area contributed by atoms with E-state index in [1.54, 1.807) is 17.5 Å². The van der Waals surface area contributed by atoms with E-state index in [-0.39, 0.29) is 17.9 Å². The number of carbonyl (C=O) groups excluding carboxylic acids is 2. The second-order valence-corrected chi connectivity index (χ2v) is 9.41. The molecule has 8 nitrogen and oxygen atoms in total. The van der Waals surface area contributed by atoms with Crippen molar-refractivity contribution in [2.45, 2.75) is 40.3 Å². The van der Waals surface area contributed by atoms with Gasteiger partial charge in [0.1, 0.15) is 0 Å². The van der Waals surface area contributed by atoms with Crippen molar-refractivity contribution < 1.29 is 9.59 Å². The highest BCUT2D eigenvalue weighted by molar-refractivity contribution is 7.17. The Kier molecular flexibility index (Phi) is 5.84. The van der Waals surface area contributed by atoms with Gasteiger partial charge in [-0.05, 0) is 39.0 Å². The summed E-state index contributed by atoms with van der Waals surface area (Å²) in [6, 6.07) is 5.95. The fraction of sp³-hybridized carbons (Fsp3) is 0.286. The third kappa shape index (κ3) is 4.49. The molecule has 0 bridgehead atoms. The van der Waals surface area contributed by atoms with Gasteiger partial charge in [0.05, 0.1) is 34.6 Å². The van der Waals surface area contributed by atoms with Crippen LogP contribution in [0.25, 0.3) is 21.6 Å². The summed E-state index contributed by atoms with van der Waals surface area (Å²) in [5.41, 5.74) is 2.71. The van der Waals surface area contributed by atoms with Gasteiger partial charge in [-0.2, -0.15) is 5.10 Å². The number of amides is 2. The molecule has 31 heavy (non-hydrogen) atoms. The van der Waals surface area contributed by atoms with Crippen LogP contribution in [0.1, 0.15) is 47.7 Å². The lowest BCUT2D eigenvalue weighted by atomic mass is 10.1. The summed E-state index contributed by atoms with van der Waals surface area (Å²) in [6.07, 6.45) is 1.73. The quantitative estimate of drug-likeness (QED) is 0.450. The zero-order chi connectivity index (χ0) is 22.1. The average molecular weight is 455 g/mol. The highest BCUT2D eigenvalue weighted by Crippen LogP contribution is 2.31. The number of thiophene rings is 1. The van der Waals surface area contributed by atoms with E-state index >= 15 is 0 Å². The van der Waals surface area contributed by atoms with Gasteiger partial charge >= 0.3 is 0 Å². The number of carbonyl (C=O) groups is 2. The fourth-order valence-corrected chi connectivity index (χ4v) is 4.79. The smallest absolute Gasteiger partial charge is 0.259 e. The lowest BCUT2D eigenvalue weighted by Crippen LogP contribution is -2.17. The van der Waals surface area contributed by atoms with Crippen molar-refractivity contribution in [2.24, 2.45) is 0 Å². The van der Waals surface area contributed by atoms with Crippen molar-refractivity contribution in [1.29, 1.82) is 0 Å². The second kappa shape index (κ2) is 8.56. The topological polar surface area (TPSA) is 102 Å². The number of rotatable bonds is 6. The third-order valence-corrected chi connectivity index (χ3v) is 6.51. The predicted molar refractivity (Wildman–Crippen MR) is 124 cm³/mol. The number of hydrogen-bond donors (Lipinski definition) is 2. The first-order chi connectivity index (χ1) is 14.8. The molecule has 0 spiro atoms. The zero-order valence-electron chi connectivity index (χ0n) is 17.6. The minimum absolute atomic E-state index is 0.0619. The number of pyridine rings is 1. The molecular weight excluding hydrogens is 432 g/mol. The minimum atomic E-state index is -0.248. The summed E-state index contributed by atoms with van der Waals surface area (Å²) in [4.78, 5) is 35.1. The second-order valence-electron chi connectivity index (χ2n) is 7.38. The Morgan fingerprint density at radius 1 is 1.23 bits per heavy atom. The molecule has 4 heterocycles. The first-order valence-electron chi connectivity index (χ1n) is 9.77. The van der Waals surface area contributed by atoms with Gasteiger partial charge in [0.25, 0.3) is 5.91 Å². The lowest BCUT2D eigenvalue weighted by molar-refractivity contribution is -0.119. The zero-order valence-corrected chi connectivity index (χ0v) is 19.2. The van der Waals surface area contributed by atoms with Crippen molar-refractivity contribution in [1.82, 2.24) is 25.1 Å². The number of aryl methyl sites for hydroxylation is 1. The van der Waals surface area contributed by atoms with Gasteiger partial charge in [-0.3, -0.25) is 14.9 Å². The SMILES string of the molecule is CC(=O)NCc1ccc(-c2csc(NC(=O)c3cc4cnn(C(C)C)c4nc3C)n2)s1. The molecule has 10 heteroatoms. The molecule has 160 valence electrons. The number of aromatic nitrogens is 4. The number of nitrogens with zero attached hydrogens (tertiary/aromatic N) is 4. The predicted octanol–water partition coefficient (Wildman–Crippen LogP) is 4.39. The van der Waals surface area contributed by atoms with E-state index in [2.05, 4.69) is 25.7 Å². The molecule has 0 aliphatic rings. The number of thiazole rings is 1. The van der Waals surface area contributed by atoms with Crippen molar-refractivity contribution in [3.8, 4) is 10.6 Å². The highest BCUT2D eigenvalue weighted by atomic mass is 32.1. The Morgan fingerprint density at radius 3 is 2.77 bits per heavy atom. The summed E-state index contributed by atoms with van der Waals surface area (Å²) in [5.74, 6) is -0.309. The molecule has 2 amide bonds. The van der Waals surface area contributed by atoms with E-state index in [1.165, 1.54) is 18.3 Å². The molecule has 0 aliphatic heterocycles. The van der Waals surface area contributed by atoms with Crippen LogP contribution in [-0.2, 0) is 11.3 Å². The van der Waals surface area contributed by atoms with Crippen LogP contribution in [0.2, 0.25) is 0 Å². The molecule has 0 saturated heterocycles. The maximum Gasteiger partial charge on any atom is 0.259 e. The van der Waals surface area contributed by atoms with E-state index in [0.717, 1.165) is 26.5 Å². The van der Waals surface area contributed by atoms with Gasteiger partial charge < -0.3 is 5.32 Å². The van der Waals surface area contributed by atoms with Gasteiger partial charge in [0.2, 0.25) is 5.91 Å². The van der Waals surface area contributed by atoms with Crippen molar-refractivity contribution >= 4 is 50.7 Å². The van der Waals surface area contributed by atoms with Gasteiger partial charge in [0, 0.05) is 28.6 Å². The molecule has 0 aliphatic carbocycles. The summed E-state index contributed by atoms with van der Waals surface area (Å²) >= 11 is 2.93. The first-order valence-corrected chi connectivity index (χ1v) is 11.5. The summed E-state index contributed by atoms with van der Waals surface area (Å²) in [7, 11) is 0. The van der Waals surface area contributed by atoms with Crippen LogP contribution >= 0.6 is 22.7 Å². The minimum Gasteiger partial charge on any atom is -0.351 e. The Labute approximate surface area is 187 Å². The fourth-order valence-electron chi connectivity index (χ4n) is 3.10. The third-order valence-electron chi connectivity index (χ3n) is 4.64. The van der Waals surface area contributed by atoms with Gasteiger partial charge in [-0.15, -0.1) is 22.7 Å². The number of nitrogens with one attached hydrogen (secondary N) is 2. The van der Waals surface area contributed by atoms with E-state index in [4.69, 9.17) is 0 Å². The normalized spacial score (nSPS) is 11.3. The van der Waals surface area contributed by atoms with E-state index in [0.29, 0.717) is 22.9 Å². The average Bonchev–Trinajstić information content (AvgIpc) is 3.44. The number of hydrogen-bond acceptors (Lipinski definition) is 7. The molecule has 0 saturated carbocycles. The largest absolute Gasteiger partial charge is 0.351 e. The number of fused-ring (bicyclic) bond motifs is 1. The number of anilines is 1. The van der Waals surface area contributed by atoms with Crippen LogP contribution < -0.4 is 10.6 Å². The van der Waals surface area contributed by atoms with Crippen LogP contribution in [0, 0.1) is 6.92 Å². The summed E-state index contributed by atoms with van der Waals surface area (Å²) < 4.78 is 1.85. The monoisotopic (exact) mass is 454 g/mol.